The molecule has 194 valence electrons. The maximum atomic E-state index is 15.0. The van der Waals surface area contributed by atoms with E-state index in [1.54, 1.807) is 30.0 Å². The van der Waals surface area contributed by atoms with Crippen LogP contribution in [0.1, 0.15) is 35.8 Å². The Kier molecular flexibility index (Phi) is 8.04. The second-order valence-corrected chi connectivity index (χ2v) is 11.2. The van der Waals surface area contributed by atoms with Crippen molar-refractivity contribution in [1.29, 1.82) is 0 Å². The van der Waals surface area contributed by atoms with Crippen LogP contribution in [-0.2, 0) is 4.79 Å². The lowest BCUT2D eigenvalue weighted by molar-refractivity contribution is -0.137. The smallest absolute Gasteiger partial charge is 0.303 e. The van der Waals surface area contributed by atoms with Crippen molar-refractivity contribution in [3.8, 4) is 5.69 Å². The van der Waals surface area contributed by atoms with E-state index in [1.807, 2.05) is 22.8 Å². The monoisotopic (exact) mass is 586 g/mol. The first-order valence-corrected chi connectivity index (χ1v) is 14.0. The highest BCUT2D eigenvalue weighted by molar-refractivity contribution is 9.10. The zero-order valence-electron chi connectivity index (χ0n) is 20.5. The van der Waals surface area contributed by atoms with E-state index in [1.165, 1.54) is 6.07 Å². The molecule has 1 N–H and O–H groups in total. The summed E-state index contributed by atoms with van der Waals surface area (Å²) in [5, 5.41) is 19.1. The first-order chi connectivity index (χ1) is 17.9. The van der Waals surface area contributed by atoms with Gasteiger partial charge < -0.3 is 10.0 Å². The number of carbonyl (C=O) groups is 1. The Morgan fingerprint density at radius 3 is 2.68 bits per heavy atom. The van der Waals surface area contributed by atoms with Crippen LogP contribution in [0.15, 0.2) is 57.1 Å². The molecule has 1 saturated heterocycles. The van der Waals surface area contributed by atoms with Crippen molar-refractivity contribution >= 4 is 39.4 Å². The van der Waals surface area contributed by atoms with E-state index in [-0.39, 0.29) is 18.7 Å². The average Bonchev–Trinajstić information content (AvgIpc) is 3.24. The Bertz CT molecular complexity index is 1320. The molecule has 3 aromatic rings. The van der Waals surface area contributed by atoms with Crippen LogP contribution in [-0.4, -0.2) is 86.9 Å². The molecule has 0 saturated carbocycles. The summed E-state index contributed by atoms with van der Waals surface area (Å²) in [4.78, 5) is 21.2. The highest BCUT2D eigenvalue weighted by atomic mass is 79.9. The van der Waals surface area contributed by atoms with Crippen LogP contribution in [0.25, 0.3) is 5.69 Å². The molecule has 1 atom stereocenters. The van der Waals surface area contributed by atoms with Crippen LogP contribution in [0.2, 0.25) is 0 Å². The van der Waals surface area contributed by atoms with Gasteiger partial charge in [0.05, 0.1) is 11.4 Å². The summed E-state index contributed by atoms with van der Waals surface area (Å²) in [6, 6.07) is 11.7. The number of aromatic nitrogens is 3. The van der Waals surface area contributed by atoms with Crippen LogP contribution < -0.4 is 0 Å². The maximum absolute atomic E-state index is 15.0. The van der Waals surface area contributed by atoms with Gasteiger partial charge in [-0.25, -0.2) is 4.39 Å². The molecule has 0 unspecified atom stereocenters. The van der Waals surface area contributed by atoms with Gasteiger partial charge in [0.2, 0.25) is 0 Å². The summed E-state index contributed by atoms with van der Waals surface area (Å²) >= 11 is 5.18. The maximum Gasteiger partial charge on any atom is 0.303 e. The van der Waals surface area contributed by atoms with Gasteiger partial charge in [-0.3, -0.25) is 19.3 Å². The summed E-state index contributed by atoms with van der Waals surface area (Å²) in [5.41, 5.74) is 2.37. The van der Waals surface area contributed by atoms with Crippen LogP contribution in [0, 0.1) is 5.82 Å². The van der Waals surface area contributed by atoms with Crippen molar-refractivity contribution in [3.05, 3.63) is 69.7 Å². The molecule has 2 aliphatic rings. The first kappa shape index (κ1) is 26.0. The van der Waals surface area contributed by atoms with Crippen LogP contribution in [0.5, 0.6) is 0 Å². The predicted octanol–water partition coefficient (Wildman–Crippen LogP) is 4.27. The third-order valence-electron chi connectivity index (χ3n) is 6.69. The minimum Gasteiger partial charge on any atom is -0.481 e. The zero-order valence-corrected chi connectivity index (χ0v) is 22.9. The van der Waals surface area contributed by atoms with Crippen molar-refractivity contribution in [2.24, 2.45) is 4.99 Å². The summed E-state index contributed by atoms with van der Waals surface area (Å²) in [7, 11) is 2.14. The lowest BCUT2D eigenvalue weighted by Gasteiger charge is -2.32. The molecule has 0 aliphatic carbocycles. The molecule has 1 aromatic heterocycles. The SMILES string of the molecule is CN1CCN(CCSc2nnc3n2-c2ccc(Br)cc2C(c2ccccc2F)=N[C@H]3CCC(=O)O)CC1. The Labute approximate surface area is 227 Å². The number of aliphatic carboxylic acids is 1. The number of likely N-dealkylation sites (N-methyl/N-ethyl adjacent to an activating group) is 1. The number of benzene rings is 2. The zero-order chi connectivity index (χ0) is 25.9. The molecule has 11 heteroatoms. The second-order valence-electron chi connectivity index (χ2n) is 9.24. The summed E-state index contributed by atoms with van der Waals surface area (Å²) in [6.45, 7) is 5.16. The molecular formula is C26H28BrFN6O2S. The largest absolute Gasteiger partial charge is 0.481 e. The van der Waals surface area contributed by atoms with Gasteiger partial charge in [-0.15, -0.1) is 10.2 Å². The van der Waals surface area contributed by atoms with Gasteiger partial charge in [0.1, 0.15) is 11.9 Å². The normalized spacial score (nSPS) is 18.1. The standard InChI is InChI=1S/C26H28BrFN6O2S/c1-32-10-12-33(13-11-32)14-15-37-26-31-30-25-21(7-9-23(35)36)29-24(18-4-2-3-5-20(18)28)19-16-17(27)6-8-22(19)34(25)26/h2-6,8,16,21H,7,9-15H2,1H3,(H,35,36)/t21-/m0/s1. The lowest BCUT2D eigenvalue weighted by atomic mass is 10.00. The molecule has 5 rings (SSSR count). The van der Waals surface area contributed by atoms with Gasteiger partial charge in [-0.1, -0.05) is 39.8 Å². The number of nitrogens with zero attached hydrogens (tertiary/aromatic N) is 6. The van der Waals surface area contributed by atoms with E-state index in [2.05, 4.69) is 43.0 Å². The number of piperazine rings is 1. The number of carboxylic acids is 1. The van der Waals surface area contributed by atoms with Crippen molar-refractivity contribution in [1.82, 2.24) is 24.6 Å². The fraction of sp³-hybridized carbons (Fsp3) is 0.385. The molecule has 2 aliphatic heterocycles. The van der Waals surface area contributed by atoms with E-state index in [0.717, 1.165) is 59.4 Å². The summed E-state index contributed by atoms with van der Waals surface area (Å²) < 4.78 is 17.8. The Balaban J connectivity index is 1.53. The Morgan fingerprint density at radius 1 is 1.14 bits per heavy atom. The van der Waals surface area contributed by atoms with E-state index < -0.39 is 12.0 Å². The van der Waals surface area contributed by atoms with Gasteiger partial charge in [-0.05, 0) is 43.8 Å². The number of halogens is 2. The van der Waals surface area contributed by atoms with E-state index >= 15 is 4.39 Å². The molecule has 1 fully saturated rings. The number of hydrogen-bond acceptors (Lipinski definition) is 7. The van der Waals surface area contributed by atoms with Crippen molar-refractivity contribution < 1.29 is 14.3 Å². The number of fused-ring (bicyclic) bond motifs is 3. The summed E-state index contributed by atoms with van der Waals surface area (Å²) in [6.07, 6.45) is 0.143. The number of rotatable bonds is 8. The highest BCUT2D eigenvalue weighted by Crippen LogP contribution is 2.36. The molecule has 37 heavy (non-hydrogen) atoms. The van der Waals surface area contributed by atoms with Gasteiger partial charge in [-0.2, -0.15) is 0 Å². The van der Waals surface area contributed by atoms with E-state index in [9.17, 15) is 9.90 Å². The topological polar surface area (TPSA) is 86.9 Å². The van der Waals surface area contributed by atoms with Crippen LogP contribution >= 0.6 is 27.7 Å². The number of aliphatic imine (C=N–C) groups is 1. The molecule has 0 spiro atoms. The number of thioether (sulfide) groups is 1. The van der Waals surface area contributed by atoms with Gasteiger partial charge >= 0.3 is 5.97 Å². The van der Waals surface area contributed by atoms with Gasteiger partial charge in [0, 0.05) is 60.5 Å². The lowest BCUT2D eigenvalue weighted by Crippen LogP contribution is -2.45. The molecule has 0 radical (unpaired) electrons. The molecule has 8 nitrogen and oxygen atoms in total. The molecule has 2 aromatic carbocycles. The average molecular weight is 588 g/mol. The van der Waals surface area contributed by atoms with Crippen LogP contribution in [0.3, 0.4) is 0 Å². The van der Waals surface area contributed by atoms with E-state index in [0.29, 0.717) is 17.1 Å². The second kappa shape index (κ2) is 11.4. The van der Waals surface area contributed by atoms with Crippen molar-refractivity contribution in [2.45, 2.75) is 24.0 Å². The van der Waals surface area contributed by atoms with Gasteiger partial charge in [0.15, 0.2) is 11.0 Å². The highest BCUT2D eigenvalue weighted by Gasteiger charge is 2.30. The first-order valence-electron chi connectivity index (χ1n) is 12.2. The number of hydrogen-bond donors (Lipinski definition) is 1. The molecule has 3 heterocycles. The number of carboxylic acid groups (broad SMARTS) is 1. The summed E-state index contributed by atoms with van der Waals surface area (Å²) in [5.74, 6) is 0.107. The predicted molar refractivity (Wildman–Crippen MR) is 145 cm³/mol. The van der Waals surface area contributed by atoms with Crippen LogP contribution in [0.4, 0.5) is 4.39 Å². The van der Waals surface area contributed by atoms with E-state index in [4.69, 9.17) is 4.99 Å². The van der Waals surface area contributed by atoms with Crippen molar-refractivity contribution in [2.75, 3.05) is 45.5 Å². The van der Waals surface area contributed by atoms with Gasteiger partial charge in [0.25, 0.3) is 0 Å². The quantitative estimate of drug-likeness (QED) is 0.394. The Hall–Kier alpha value is -2.60. The molecule has 0 bridgehead atoms. The third kappa shape index (κ3) is 5.79. The third-order valence-corrected chi connectivity index (χ3v) is 8.09. The van der Waals surface area contributed by atoms with Crippen molar-refractivity contribution in [3.63, 3.8) is 0 Å². The molecular weight excluding hydrogens is 559 g/mol. The fourth-order valence-electron chi connectivity index (χ4n) is 4.65. The minimum atomic E-state index is -0.917. The fourth-order valence-corrected chi connectivity index (χ4v) is 5.96. The Morgan fingerprint density at radius 2 is 1.92 bits per heavy atom. The molecule has 0 amide bonds. The minimum absolute atomic E-state index is 0.0858.